The molecule has 0 aliphatic heterocycles. The minimum Gasteiger partial charge on any atom is -0.456 e. The SMILES string of the molecule is CN(C)S(=O)(=O)Oc1cccc(Oc2cc(F)cc(Cc3ccc(I)cc3F)c2C(N)=O)c1. The summed E-state index contributed by atoms with van der Waals surface area (Å²) >= 11 is 1.96. The molecule has 11 heteroatoms. The number of carbonyl (C=O) groups excluding carboxylic acids is 1. The van der Waals surface area contributed by atoms with E-state index < -0.39 is 27.8 Å². The molecule has 0 atom stereocenters. The monoisotopic (exact) mass is 588 g/mol. The topological polar surface area (TPSA) is 98.9 Å². The molecule has 3 aromatic carbocycles. The van der Waals surface area contributed by atoms with Gasteiger partial charge in [-0.25, -0.2) is 8.78 Å². The van der Waals surface area contributed by atoms with Gasteiger partial charge in [-0.15, -0.1) is 0 Å². The lowest BCUT2D eigenvalue weighted by Gasteiger charge is -2.16. The van der Waals surface area contributed by atoms with Crippen LogP contribution in [0.1, 0.15) is 21.5 Å². The van der Waals surface area contributed by atoms with Crippen LogP contribution in [0.15, 0.2) is 54.6 Å². The van der Waals surface area contributed by atoms with Crippen molar-refractivity contribution in [3.8, 4) is 17.2 Å². The van der Waals surface area contributed by atoms with Crippen LogP contribution in [0.25, 0.3) is 0 Å². The molecule has 33 heavy (non-hydrogen) atoms. The summed E-state index contributed by atoms with van der Waals surface area (Å²) in [6.07, 6.45) is -0.0978. The van der Waals surface area contributed by atoms with E-state index in [0.29, 0.717) is 3.57 Å². The lowest BCUT2D eigenvalue weighted by Crippen LogP contribution is -2.26. The number of amides is 1. The van der Waals surface area contributed by atoms with Crippen LogP contribution in [-0.2, 0) is 16.7 Å². The quantitative estimate of drug-likeness (QED) is 0.398. The fraction of sp³-hybridized carbons (Fsp3) is 0.136. The second-order valence-corrected chi connectivity index (χ2v) is 10.1. The van der Waals surface area contributed by atoms with Crippen molar-refractivity contribution < 1.29 is 30.9 Å². The average Bonchev–Trinajstić information content (AvgIpc) is 2.69. The van der Waals surface area contributed by atoms with Gasteiger partial charge in [0.15, 0.2) is 0 Å². The van der Waals surface area contributed by atoms with Gasteiger partial charge in [0.1, 0.15) is 28.9 Å². The van der Waals surface area contributed by atoms with Crippen molar-refractivity contribution in [3.63, 3.8) is 0 Å². The summed E-state index contributed by atoms with van der Waals surface area (Å²) in [5.74, 6) is -2.31. The standard InChI is InChI=1S/C22H19F2IN2O5S/c1-27(2)33(29,30)32-18-5-3-4-17(12-18)31-20-10-15(23)9-14(21(20)22(26)28)8-13-6-7-16(25)11-19(13)24/h3-7,9-12H,8H2,1-2H3,(H2,26,28). The number of nitrogens with zero attached hydrogens (tertiary/aromatic N) is 1. The molecule has 174 valence electrons. The zero-order chi connectivity index (χ0) is 24.3. The molecule has 7 nitrogen and oxygen atoms in total. The first-order chi connectivity index (χ1) is 15.5. The Balaban J connectivity index is 1.99. The molecule has 0 spiro atoms. The maximum absolute atomic E-state index is 14.4. The Hall–Kier alpha value is -2.77. The minimum atomic E-state index is -4.01. The first-order valence-corrected chi connectivity index (χ1v) is 11.9. The Morgan fingerprint density at radius 3 is 2.36 bits per heavy atom. The number of carbonyl (C=O) groups is 1. The molecule has 0 radical (unpaired) electrons. The first kappa shape index (κ1) is 24.9. The summed E-state index contributed by atoms with van der Waals surface area (Å²) in [5, 5.41) is 0. The van der Waals surface area contributed by atoms with Crippen LogP contribution in [0.2, 0.25) is 0 Å². The molecule has 0 bridgehead atoms. The van der Waals surface area contributed by atoms with E-state index in [2.05, 4.69) is 0 Å². The van der Waals surface area contributed by atoms with Crippen LogP contribution in [-0.4, -0.2) is 32.7 Å². The molecule has 0 aliphatic rings. The molecule has 0 aliphatic carbocycles. The highest BCUT2D eigenvalue weighted by atomic mass is 127. The minimum absolute atomic E-state index is 0.0561. The van der Waals surface area contributed by atoms with Crippen LogP contribution < -0.4 is 14.7 Å². The summed E-state index contributed by atoms with van der Waals surface area (Å²) in [5.41, 5.74) is 5.80. The molecular formula is C22H19F2IN2O5S. The fourth-order valence-electron chi connectivity index (χ4n) is 2.92. The molecule has 2 N–H and O–H groups in total. The van der Waals surface area contributed by atoms with E-state index in [1.165, 1.54) is 44.4 Å². The van der Waals surface area contributed by atoms with Gasteiger partial charge >= 0.3 is 10.3 Å². The molecule has 3 rings (SSSR count). The Labute approximate surface area is 203 Å². The zero-order valence-electron chi connectivity index (χ0n) is 17.5. The van der Waals surface area contributed by atoms with Gasteiger partial charge in [-0.05, 0) is 64.0 Å². The van der Waals surface area contributed by atoms with Crippen molar-refractivity contribution in [2.75, 3.05) is 14.1 Å². The lowest BCUT2D eigenvalue weighted by atomic mass is 9.98. The second-order valence-electron chi connectivity index (χ2n) is 7.12. The summed E-state index contributed by atoms with van der Waals surface area (Å²) in [6, 6.07) is 12.2. The van der Waals surface area contributed by atoms with Gasteiger partial charge in [0, 0.05) is 36.2 Å². The van der Waals surface area contributed by atoms with Gasteiger partial charge in [0.2, 0.25) is 0 Å². The van der Waals surface area contributed by atoms with Crippen molar-refractivity contribution in [1.82, 2.24) is 4.31 Å². The van der Waals surface area contributed by atoms with Crippen LogP contribution >= 0.6 is 22.6 Å². The molecule has 0 heterocycles. The highest BCUT2D eigenvalue weighted by molar-refractivity contribution is 14.1. The van der Waals surface area contributed by atoms with Crippen LogP contribution in [0.4, 0.5) is 8.78 Å². The van der Waals surface area contributed by atoms with Crippen molar-refractivity contribution in [3.05, 3.63) is 86.5 Å². The summed E-state index contributed by atoms with van der Waals surface area (Å²) in [7, 11) is -1.40. The number of halogens is 3. The predicted octanol–water partition coefficient (Wildman–Crippen LogP) is 4.24. The largest absolute Gasteiger partial charge is 0.456 e. The van der Waals surface area contributed by atoms with E-state index in [0.717, 1.165) is 16.4 Å². The van der Waals surface area contributed by atoms with Gasteiger partial charge in [0.05, 0.1) is 5.56 Å². The summed E-state index contributed by atoms with van der Waals surface area (Å²) in [4.78, 5) is 12.2. The van der Waals surface area contributed by atoms with Gasteiger partial charge in [-0.2, -0.15) is 12.7 Å². The molecule has 1 amide bonds. The molecule has 3 aromatic rings. The molecule has 0 saturated carbocycles. The van der Waals surface area contributed by atoms with E-state index in [4.69, 9.17) is 14.7 Å². The number of primary amides is 1. The fourth-order valence-corrected chi connectivity index (χ4v) is 3.87. The maximum Gasteiger partial charge on any atom is 0.384 e. The second kappa shape index (κ2) is 10.0. The van der Waals surface area contributed by atoms with E-state index in [9.17, 15) is 22.0 Å². The Kier molecular flexibility index (Phi) is 7.55. The third kappa shape index (κ3) is 6.18. The summed E-state index contributed by atoms with van der Waals surface area (Å²) in [6.45, 7) is 0. The van der Waals surface area contributed by atoms with Crippen molar-refractivity contribution in [1.29, 1.82) is 0 Å². The zero-order valence-corrected chi connectivity index (χ0v) is 20.5. The third-order valence-electron chi connectivity index (χ3n) is 4.47. The maximum atomic E-state index is 14.4. The van der Waals surface area contributed by atoms with Crippen LogP contribution in [0, 0.1) is 15.2 Å². The number of hydrogen-bond acceptors (Lipinski definition) is 5. The van der Waals surface area contributed by atoms with E-state index in [1.54, 1.807) is 12.1 Å². The normalized spacial score (nSPS) is 11.5. The highest BCUT2D eigenvalue weighted by Gasteiger charge is 2.20. The van der Waals surface area contributed by atoms with E-state index in [1.807, 2.05) is 22.6 Å². The Morgan fingerprint density at radius 2 is 1.73 bits per heavy atom. The lowest BCUT2D eigenvalue weighted by molar-refractivity contribution is 0.0997. The number of ether oxygens (including phenoxy) is 1. The molecule has 0 saturated heterocycles. The van der Waals surface area contributed by atoms with E-state index >= 15 is 0 Å². The van der Waals surface area contributed by atoms with Gasteiger partial charge in [-0.1, -0.05) is 12.1 Å². The average molecular weight is 588 g/mol. The summed E-state index contributed by atoms with van der Waals surface area (Å²) < 4.78 is 64.8. The molecule has 0 aromatic heterocycles. The number of benzene rings is 3. The number of hydrogen-bond donors (Lipinski definition) is 1. The molecule has 0 fully saturated rings. The van der Waals surface area contributed by atoms with Crippen LogP contribution in [0.5, 0.6) is 17.2 Å². The van der Waals surface area contributed by atoms with Crippen LogP contribution in [0.3, 0.4) is 0 Å². The predicted molar refractivity (Wildman–Crippen MR) is 127 cm³/mol. The smallest absolute Gasteiger partial charge is 0.384 e. The molecule has 0 unspecified atom stereocenters. The Bertz CT molecular complexity index is 1320. The van der Waals surface area contributed by atoms with Crippen molar-refractivity contribution in [2.24, 2.45) is 5.73 Å². The van der Waals surface area contributed by atoms with Gasteiger partial charge in [0.25, 0.3) is 5.91 Å². The van der Waals surface area contributed by atoms with Crippen molar-refractivity contribution >= 4 is 38.8 Å². The Morgan fingerprint density at radius 1 is 1.03 bits per heavy atom. The third-order valence-corrected chi connectivity index (χ3v) is 6.44. The number of rotatable bonds is 8. The highest BCUT2D eigenvalue weighted by Crippen LogP contribution is 2.32. The van der Waals surface area contributed by atoms with Gasteiger partial charge < -0.3 is 14.7 Å². The number of nitrogens with two attached hydrogens (primary N) is 1. The van der Waals surface area contributed by atoms with E-state index in [-0.39, 0.29) is 40.4 Å². The first-order valence-electron chi connectivity index (χ1n) is 9.42. The van der Waals surface area contributed by atoms with Crippen molar-refractivity contribution in [2.45, 2.75) is 6.42 Å². The molecular weight excluding hydrogens is 569 g/mol. The van der Waals surface area contributed by atoms with Gasteiger partial charge in [-0.3, -0.25) is 4.79 Å².